The van der Waals surface area contributed by atoms with Gasteiger partial charge in [-0.1, -0.05) is 44.2 Å². The summed E-state index contributed by atoms with van der Waals surface area (Å²) in [6.07, 6.45) is -1.35. The molecule has 0 fully saturated rings. The fourth-order valence-electron chi connectivity index (χ4n) is 2.56. The number of aliphatic carboxylic acids is 1. The van der Waals surface area contributed by atoms with Crippen LogP contribution in [0.1, 0.15) is 39.7 Å². The van der Waals surface area contributed by atoms with Crippen molar-refractivity contribution in [3.05, 3.63) is 35.9 Å². The Kier molecular flexibility index (Phi) is 10.2. The quantitative estimate of drug-likeness (QED) is 0.405. The number of ether oxygens (including phenoxy) is 1. The molecule has 0 aliphatic heterocycles. The average Bonchev–Trinajstić information content (AvgIpc) is 2.69. The molecule has 0 aliphatic carbocycles. The lowest BCUT2D eigenvalue weighted by molar-refractivity contribution is -0.140. The van der Waals surface area contributed by atoms with E-state index in [2.05, 4.69) is 16.0 Å². The molecule has 3 amide bonds. The maximum atomic E-state index is 12.6. The van der Waals surface area contributed by atoms with Gasteiger partial charge < -0.3 is 25.8 Å². The number of benzene rings is 1. The summed E-state index contributed by atoms with van der Waals surface area (Å²) < 4.78 is 5.12. The molecule has 0 unspecified atom stereocenters. The summed E-state index contributed by atoms with van der Waals surface area (Å²) in [5, 5.41) is 16.1. The van der Waals surface area contributed by atoms with Gasteiger partial charge in [-0.15, -0.1) is 0 Å². The normalized spacial score (nSPS) is 13.5. The second-order valence-electron chi connectivity index (χ2n) is 7.43. The first-order valence-electron chi connectivity index (χ1n) is 9.81. The Bertz CT molecular complexity index is 795. The zero-order chi connectivity index (χ0) is 23.6. The molecule has 10 nitrogen and oxygen atoms in total. The average molecular weight is 435 g/mol. The zero-order valence-corrected chi connectivity index (χ0v) is 18.0. The Morgan fingerprint density at radius 1 is 0.935 bits per heavy atom. The smallest absolute Gasteiger partial charge is 0.408 e. The molecule has 0 radical (unpaired) electrons. The van der Waals surface area contributed by atoms with Crippen LogP contribution in [0.3, 0.4) is 0 Å². The van der Waals surface area contributed by atoms with Gasteiger partial charge in [0.15, 0.2) is 5.78 Å². The maximum Gasteiger partial charge on any atom is 0.408 e. The van der Waals surface area contributed by atoms with Gasteiger partial charge in [0.05, 0.1) is 12.5 Å². The Morgan fingerprint density at radius 2 is 1.55 bits per heavy atom. The molecule has 1 aromatic rings. The van der Waals surface area contributed by atoms with Crippen LogP contribution in [0.5, 0.6) is 0 Å². The molecule has 0 aromatic heterocycles. The second kappa shape index (κ2) is 12.3. The molecule has 0 aliphatic rings. The highest BCUT2D eigenvalue weighted by atomic mass is 16.5. The van der Waals surface area contributed by atoms with Crippen molar-refractivity contribution in [3.63, 3.8) is 0 Å². The van der Waals surface area contributed by atoms with Crippen molar-refractivity contribution in [1.29, 1.82) is 0 Å². The molecule has 4 N–H and O–H groups in total. The van der Waals surface area contributed by atoms with Crippen molar-refractivity contribution in [3.8, 4) is 0 Å². The fraction of sp³-hybridized carbons (Fsp3) is 0.476. The van der Waals surface area contributed by atoms with E-state index in [1.54, 1.807) is 38.1 Å². The van der Waals surface area contributed by atoms with E-state index in [-0.39, 0.29) is 12.5 Å². The first kappa shape index (κ1) is 25.6. The molecular weight excluding hydrogens is 406 g/mol. The number of rotatable bonds is 11. The van der Waals surface area contributed by atoms with Gasteiger partial charge in [-0.25, -0.2) is 4.79 Å². The van der Waals surface area contributed by atoms with E-state index in [0.29, 0.717) is 0 Å². The van der Waals surface area contributed by atoms with Crippen LogP contribution in [-0.2, 0) is 30.5 Å². The largest absolute Gasteiger partial charge is 0.481 e. The molecule has 0 heterocycles. The molecule has 0 saturated carbocycles. The number of alkyl carbamates (subject to hydrolysis) is 1. The molecule has 0 saturated heterocycles. The number of amides is 3. The van der Waals surface area contributed by atoms with Crippen LogP contribution in [0, 0.1) is 5.92 Å². The van der Waals surface area contributed by atoms with E-state index in [9.17, 15) is 24.0 Å². The number of ketones is 1. The highest BCUT2D eigenvalue weighted by Gasteiger charge is 2.29. The van der Waals surface area contributed by atoms with Crippen LogP contribution in [0.25, 0.3) is 0 Å². The topological polar surface area (TPSA) is 151 Å². The number of carboxylic acids is 1. The molecule has 0 spiro atoms. The first-order valence-corrected chi connectivity index (χ1v) is 9.81. The Morgan fingerprint density at radius 3 is 2.06 bits per heavy atom. The van der Waals surface area contributed by atoms with E-state index >= 15 is 0 Å². The van der Waals surface area contributed by atoms with Crippen LogP contribution >= 0.6 is 0 Å². The minimum Gasteiger partial charge on any atom is -0.481 e. The van der Waals surface area contributed by atoms with Crippen LogP contribution < -0.4 is 16.0 Å². The number of nitrogens with one attached hydrogen (secondary N) is 3. The lowest BCUT2D eigenvalue weighted by Crippen LogP contribution is -2.56. The number of hydrogen-bond donors (Lipinski definition) is 4. The van der Waals surface area contributed by atoms with Gasteiger partial charge in [-0.2, -0.15) is 0 Å². The van der Waals surface area contributed by atoms with Crippen LogP contribution in [0.2, 0.25) is 0 Å². The zero-order valence-electron chi connectivity index (χ0n) is 18.0. The van der Waals surface area contributed by atoms with Gasteiger partial charge in [0, 0.05) is 0 Å². The predicted molar refractivity (Wildman–Crippen MR) is 111 cm³/mol. The summed E-state index contributed by atoms with van der Waals surface area (Å²) in [5.74, 6) is -3.40. The highest BCUT2D eigenvalue weighted by Crippen LogP contribution is 2.05. The minimum absolute atomic E-state index is 0.0356. The molecule has 3 atom stereocenters. The van der Waals surface area contributed by atoms with Crippen molar-refractivity contribution in [2.45, 2.75) is 58.8 Å². The highest BCUT2D eigenvalue weighted by molar-refractivity contribution is 5.94. The van der Waals surface area contributed by atoms with Crippen LogP contribution in [-0.4, -0.2) is 52.9 Å². The van der Waals surface area contributed by atoms with Crippen LogP contribution in [0.15, 0.2) is 30.3 Å². The fourth-order valence-corrected chi connectivity index (χ4v) is 2.56. The first-order chi connectivity index (χ1) is 14.5. The van der Waals surface area contributed by atoms with E-state index < -0.39 is 54.2 Å². The summed E-state index contributed by atoms with van der Waals surface area (Å²) in [6, 6.07) is 5.79. The Labute approximate surface area is 180 Å². The molecule has 1 rings (SSSR count). The number of Topliss-reactive ketones (excluding diaryl/α,β-unsaturated/α-hetero) is 1. The second-order valence-corrected chi connectivity index (χ2v) is 7.43. The molecule has 1 aromatic carbocycles. The molecule has 31 heavy (non-hydrogen) atoms. The van der Waals surface area contributed by atoms with Crippen LogP contribution in [0.4, 0.5) is 4.79 Å². The summed E-state index contributed by atoms with van der Waals surface area (Å²) in [7, 11) is 0. The molecule has 0 bridgehead atoms. The summed E-state index contributed by atoms with van der Waals surface area (Å²) in [6.45, 7) is 6.01. The number of carbonyl (C=O) groups excluding carboxylic acids is 4. The third kappa shape index (κ3) is 9.28. The predicted octanol–water partition coefficient (Wildman–Crippen LogP) is 0.991. The molecule has 170 valence electrons. The van der Waals surface area contributed by atoms with Gasteiger partial charge in [-0.05, 0) is 25.3 Å². The number of carboxylic acid groups (broad SMARTS) is 1. The van der Waals surface area contributed by atoms with Crippen molar-refractivity contribution >= 4 is 29.7 Å². The number of hydrogen-bond acceptors (Lipinski definition) is 6. The number of carbonyl (C=O) groups is 5. The lowest BCUT2D eigenvalue weighted by atomic mass is 10.0. The van der Waals surface area contributed by atoms with Gasteiger partial charge in [-0.3, -0.25) is 19.2 Å². The van der Waals surface area contributed by atoms with E-state index in [1.807, 2.05) is 6.07 Å². The maximum absolute atomic E-state index is 12.6. The lowest BCUT2D eigenvalue weighted by Gasteiger charge is -2.24. The standard InChI is InChI=1S/C21H29N3O7/c1-12(2)18(24-21(30)31-11-15-8-6-5-7-9-15)20(29)22-13(3)19(28)23-16(14(4)25)10-17(26)27/h5-9,12-13,16,18H,10-11H2,1-4H3,(H,22,29)(H,23,28)(H,24,30)(H,26,27)/t13-,16-,18-/m0/s1. The molecular formula is C21H29N3O7. The van der Waals surface area contributed by atoms with E-state index in [4.69, 9.17) is 9.84 Å². The van der Waals surface area contributed by atoms with Gasteiger partial charge in [0.1, 0.15) is 18.7 Å². The SMILES string of the molecule is CC(=O)[C@H](CC(=O)O)NC(=O)[C@H](C)NC(=O)[C@@H](NC(=O)OCc1ccccc1)C(C)C. The minimum atomic E-state index is -1.24. The van der Waals surface area contributed by atoms with Crippen molar-refractivity contribution < 1.29 is 33.8 Å². The monoisotopic (exact) mass is 435 g/mol. The Hall–Kier alpha value is -3.43. The van der Waals surface area contributed by atoms with E-state index in [0.717, 1.165) is 12.5 Å². The van der Waals surface area contributed by atoms with Gasteiger partial charge in [0.25, 0.3) is 0 Å². The summed E-state index contributed by atoms with van der Waals surface area (Å²) >= 11 is 0. The van der Waals surface area contributed by atoms with Crippen molar-refractivity contribution in [2.24, 2.45) is 5.92 Å². The van der Waals surface area contributed by atoms with E-state index in [1.165, 1.54) is 6.92 Å². The van der Waals surface area contributed by atoms with Gasteiger partial charge >= 0.3 is 12.1 Å². The third-order valence-corrected chi connectivity index (χ3v) is 4.37. The van der Waals surface area contributed by atoms with Crippen molar-refractivity contribution in [1.82, 2.24) is 16.0 Å². The van der Waals surface area contributed by atoms with Crippen molar-refractivity contribution in [2.75, 3.05) is 0 Å². The Balaban J connectivity index is 2.64. The summed E-state index contributed by atoms with van der Waals surface area (Å²) in [4.78, 5) is 59.3. The van der Waals surface area contributed by atoms with Gasteiger partial charge in [0.2, 0.25) is 11.8 Å². The summed E-state index contributed by atoms with van der Waals surface area (Å²) in [5.41, 5.74) is 0.787. The molecule has 10 heteroatoms. The third-order valence-electron chi connectivity index (χ3n) is 4.37.